The second-order valence-corrected chi connectivity index (χ2v) is 7.96. The third-order valence-corrected chi connectivity index (χ3v) is 6.07. The molecule has 138 valence electrons. The molecule has 1 amide bonds. The lowest BCUT2D eigenvalue weighted by Crippen LogP contribution is -2.63. The van der Waals surface area contributed by atoms with E-state index in [9.17, 15) is 4.79 Å². The Balaban J connectivity index is 1.44. The van der Waals surface area contributed by atoms with E-state index in [1.165, 1.54) is 19.3 Å². The molecule has 2 aromatic rings. The molecule has 1 aromatic heterocycles. The number of benzene rings is 1. The Labute approximate surface area is 159 Å². The molecule has 26 heavy (non-hydrogen) atoms. The van der Waals surface area contributed by atoms with Crippen molar-refractivity contribution in [2.24, 2.45) is 0 Å². The van der Waals surface area contributed by atoms with E-state index in [0.717, 1.165) is 36.5 Å². The highest BCUT2D eigenvalue weighted by Gasteiger charge is 2.38. The lowest BCUT2D eigenvalue weighted by molar-refractivity contribution is 0.00177. The Kier molecular flexibility index (Phi) is 4.76. The van der Waals surface area contributed by atoms with Gasteiger partial charge in [0.05, 0.1) is 5.69 Å². The molecular weight excluding hydrogens is 348 g/mol. The molecule has 5 nitrogen and oxygen atoms in total. The zero-order chi connectivity index (χ0) is 18.3. The lowest BCUT2D eigenvalue weighted by Gasteiger charge is -2.49. The van der Waals surface area contributed by atoms with Gasteiger partial charge in [0.1, 0.15) is 5.69 Å². The summed E-state index contributed by atoms with van der Waals surface area (Å²) in [4.78, 5) is 17.4. The van der Waals surface area contributed by atoms with Gasteiger partial charge in [-0.1, -0.05) is 30.2 Å². The van der Waals surface area contributed by atoms with E-state index in [1.807, 2.05) is 36.1 Å². The molecule has 6 heteroatoms. The van der Waals surface area contributed by atoms with Gasteiger partial charge in [-0.15, -0.1) is 0 Å². The van der Waals surface area contributed by atoms with Crippen molar-refractivity contribution in [3.8, 4) is 11.3 Å². The molecule has 2 aliphatic heterocycles. The van der Waals surface area contributed by atoms with E-state index in [-0.39, 0.29) is 5.91 Å². The minimum absolute atomic E-state index is 0.0520. The molecule has 2 fully saturated rings. The van der Waals surface area contributed by atoms with Gasteiger partial charge in [0.2, 0.25) is 0 Å². The highest BCUT2D eigenvalue weighted by Crippen LogP contribution is 2.28. The topological polar surface area (TPSA) is 52.2 Å². The molecule has 0 bridgehead atoms. The summed E-state index contributed by atoms with van der Waals surface area (Å²) in [6.07, 6.45) is 3.88. The smallest absolute Gasteiger partial charge is 0.272 e. The highest BCUT2D eigenvalue weighted by atomic mass is 35.5. The first-order valence-corrected chi connectivity index (χ1v) is 9.78. The number of aromatic amines is 1. The summed E-state index contributed by atoms with van der Waals surface area (Å²) < 4.78 is 0. The number of nitrogens with one attached hydrogen (secondary N) is 1. The molecule has 3 heterocycles. The van der Waals surface area contributed by atoms with Gasteiger partial charge in [0, 0.05) is 41.3 Å². The van der Waals surface area contributed by atoms with Crippen LogP contribution in [0.3, 0.4) is 0 Å². The summed E-state index contributed by atoms with van der Waals surface area (Å²) in [6.45, 7) is 7.05. The van der Waals surface area contributed by atoms with E-state index in [2.05, 4.69) is 22.0 Å². The van der Waals surface area contributed by atoms with Gasteiger partial charge in [-0.25, -0.2) is 0 Å². The van der Waals surface area contributed by atoms with Crippen LogP contribution in [0.4, 0.5) is 0 Å². The quantitative estimate of drug-likeness (QED) is 0.892. The largest absolute Gasteiger partial charge is 0.334 e. The fourth-order valence-corrected chi connectivity index (χ4v) is 4.27. The van der Waals surface area contributed by atoms with Crippen LogP contribution in [-0.4, -0.2) is 57.6 Å². The normalized spacial score (nSPS) is 21.7. The number of carbonyl (C=O) groups is 1. The fraction of sp³-hybridized carbons (Fsp3) is 0.500. The number of rotatable bonds is 3. The fourth-order valence-electron chi connectivity index (χ4n) is 4.15. The van der Waals surface area contributed by atoms with Gasteiger partial charge >= 0.3 is 0 Å². The Morgan fingerprint density at radius 2 is 1.96 bits per heavy atom. The monoisotopic (exact) mass is 372 g/mol. The molecular formula is C20H25ClN4O. The van der Waals surface area contributed by atoms with Crippen molar-refractivity contribution in [1.82, 2.24) is 20.0 Å². The van der Waals surface area contributed by atoms with Crippen molar-refractivity contribution in [1.29, 1.82) is 0 Å². The van der Waals surface area contributed by atoms with Gasteiger partial charge in [-0.3, -0.25) is 14.8 Å². The van der Waals surface area contributed by atoms with Crippen LogP contribution in [-0.2, 0) is 0 Å². The first-order valence-electron chi connectivity index (χ1n) is 9.40. The van der Waals surface area contributed by atoms with E-state index in [4.69, 9.17) is 11.6 Å². The molecule has 0 spiro atoms. The molecule has 0 unspecified atom stereocenters. The van der Waals surface area contributed by atoms with Crippen LogP contribution in [0.5, 0.6) is 0 Å². The molecule has 0 aliphatic carbocycles. The zero-order valence-corrected chi connectivity index (χ0v) is 16.1. The zero-order valence-electron chi connectivity index (χ0n) is 15.3. The SMILES string of the molecule is Cc1c(-c2ccc(Cl)cc2)n[nH]c1C(=O)N1CC(N2CCCC[C@@H]2C)C1. The first kappa shape index (κ1) is 17.6. The number of amides is 1. The Morgan fingerprint density at radius 1 is 1.23 bits per heavy atom. The number of carbonyl (C=O) groups excluding carboxylic acids is 1. The first-order chi connectivity index (χ1) is 12.5. The van der Waals surface area contributed by atoms with Crippen molar-refractivity contribution in [2.75, 3.05) is 19.6 Å². The molecule has 0 saturated carbocycles. The minimum atomic E-state index is 0.0520. The summed E-state index contributed by atoms with van der Waals surface area (Å²) in [5, 5.41) is 8.02. The van der Waals surface area contributed by atoms with Crippen molar-refractivity contribution < 1.29 is 4.79 Å². The number of halogens is 1. The van der Waals surface area contributed by atoms with Crippen LogP contribution in [0.15, 0.2) is 24.3 Å². The second-order valence-electron chi connectivity index (χ2n) is 7.53. The molecule has 2 saturated heterocycles. The number of piperidine rings is 1. The number of aromatic nitrogens is 2. The van der Waals surface area contributed by atoms with Crippen LogP contribution in [0.1, 0.15) is 42.2 Å². The summed E-state index contributed by atoms with van der Waals surface area (Å²) >= 11 is 5.96. The number of likely N-dealkylation sites (tertiary alicyclic amines) is 2. The average molecular weight is 373 g/mol. The van der Waals surface area contributed by atoms with Gasteiger partial charge in [-0.05, 0) is 45.4 Å². The standard InChI is InChI=1S/C20H25ClN4O/c1-13-5-3-4-10-25(13)17-11-24(12-17)20(26)19-14(2)18(22-23-19)15-6-8-16(21)9-7-15/h6-9,13,17H,3-5,10-12H2,1-2H3,(H,22,23)/t13-/m0/s1. The molecule has 1 N–H and O–H groups in total. The van der Waals surface area contributed by atoms with E-state index in [0.29, 0.717) is 22.8 Å². The summed E-state index contributed by atoms with van der Waals surface area (Å²) in [5.41, 5.74) is 3.27. The van der Waals surface area contributed by atoms with Crippen LogP contribution >= 0.6 is 11.6 Å². The maximum atomic E-state index is 12.9. The Bertz CT molecular complexity index is 795. The van der Waals surface area contributed by atoms with Crippen LogP contribution < -0.4 is 0 Å². The van der Waals surface area contributed by atoms with Crippen LogP contribution in [0.2, 0.25) is 5.02 Å². The van der Waals surface area contributed by atoms with Gasteiger partial charge < -0.3 is 4.90 Å². The minimum Gasteiger partial charge on any atom is -0.334 e. The van der Waals surface area contributed by atoms with Crippen molar-refractivity contribution in [3.63, 3.8) is 0 Å². The summed E-state index contributed by atoms with van der Waals surface area (Å²) in [6, 6.07) is 8.68. The average Bonchev–Trinajstić information content (AvgIpc) is 2.97. The van der Waals surface area contributed by atoms with Crippen molar-refractivity contribution in [3.05, 3.63) is 40.5 Å². The van der Waals surface area contributed by atoms with E-state index >= 15 is 0 Å². The molecule has 4 rings (SSSR count). The van der Waals surface area contributed by atoms with E-state index < -0.39 is 0 Å². The summed E-state index contributed by atoms with van der Waals surface area (Å²) in [7, 11) is 0. The lowest BCUT2D eigenvalue weighted by atomic mass is 9.97. The van der Waals surface area contributed by atoms with Crippen molar-refractivity contribution >= 4 is 17.5 Å². The van der Waals surface area contributed by atoms with Gasteiger partial charge in [0.25, 0.3) is 5.91 Å². The predicted molar refractivity (Wildman–Crippen MR) is 103 cm³/mol. The third-order valence-electron chi connectivity index (χ3n) is 5.81. The number of H-pyrrole nitrogens is 1. The number of nitrogens with zero attached hydrogens (tertiary/aromatic N) is 3. The van der Waals surface area contributed by atoms with Crippen LogP contribution in [0, 0.1) is 6.92 Å². The predicted octanol–water partition coefficient (Wildman–Crippen LogP) is 3.74. The molecule has 2 aliphatic rings. The Morgan fingerprint density at radius 3 is 2.65 bits per heavy atom. The summed E-state index contributed by atoms with van der Waals surface area (Å²) in [5.74, 6) is 0.0520. The molecule has 1 atom stereocenters. The molecule has 0 radical (unpaired) electrons. The molecule has 1 aromatic carbocycles. The second kappa shape index (κ2) is 7.05. The maximum absolute atomic E-state index is 12.9. The number of hydrogen-bond acceptors (Lipinski definition) is 3. The third kappa shape index (κ3) is 3.14. The van der Waals surface area contributed by atoms with E-state index in [1.54, 1.807) is 0 Å². The van der Waals surface area contributed by atoms with Gasteiger partial charge in [0.15, 0.2) is 0 Å². The maximum Gasteiger partial charge on any atom is 0.272 e. The van der Waals surface area contributed by atoms with Crippen molar-refractivity contribution in [2.45, 2.75) is 45.2 Å². The highest BCUT2D eigenvalue weighted by molar-refractivity contribution is 6.30. The number of hydrogen-bond donors (Lipinski definition) is 1. The van der Waals surface area contributed by atoms with Crippen LogP contribution in [0.25, 0.3) is 11.3 Å². The van der Waals surface area contributed by atoms with Gasteiger partial charge in [-0.2, -0.15) is 5.10 Å². The Hall–Kier alpha value is -1.85.